The van der Waals surface area contributed by atoms with Crippen LogP contribution in [0, 0.1) is 12.3 Å². The largest absolute Gasteiger partial charge is 0.444 e. The third-order valence-corrected chi connectivity index (χ3v) is 11.3. The van der Waals surface area contributed by atoms with Crippen LogP contribution in [0.15, 0.2) is 54.0 Å². The number of carbonyl (C=O) groups excluding carboxylic acids is 5. The van der Waals surface area contributed by atoms with Crippen molar-refractivity contribution in [3.8, 4) is 10.4 Å². The molecule has 15 heteroatoms. The summed E-state index contributed by atoms with van der Waals surface area (Å²) >= 11 is 1.57. The summed E-state index contributed by atoms with van der Waals surface area (Å²) in [6.45, 7) is 15.3. The van der Waals surface area contributed by atoms with Gasteiger partial charge in [-0.3, -0.25) is 19.2 Å². The average molecular weight is 849 g/mol. The van der Waals surface area contributed by atoms with Crippen molar-refractivity contribution in [1.29, 1.82) is 0 Å². The predicted molar refractivity (Wildman–Crippen MR) is 231 cm³/mol. The van der Waals surface area contributed by atoms with E-state index in [1.165, 1.54) is 4.90 Å². The number of β-amino-alcohol motifs (C(OH)–C–C–N with tert-alkyl or cyclic N) is 1. The number of aromatic nitrogens is 1. The molecule has 0 unspecified atom stereocenters. The molecule has 0 spiro atoms. The Balaban J connectivity index is 1.23. The maximum absolute atomic E-state index is 14.0. The van der Waals surface area contributed by atoms with Crippen LogP contribution in [0.2, 0.25) is 0 Å². The second kappa shape index (κ2) is 21.6. The number of aliphatic hydroxyl groups is 1. The first-order valence-corrected chi connectivity index (χ1v) is 21.6. The molecule has 14 nitrogen and oxygen atoms in total. The van der Waals surface area contributed by atoms with Crippen molar-refractivity contribution in [1.82, 2.24) is 25.8 Å². The van der Waals surface area contributed by atoms with Crippen LogP contribution in [0.5, 0.6) is 0 Å². The van der Waals surface area contributed by atoms with Gasteiger partial charge in [-0.25, -0.2) is 9.78 Å². The Morgan fingerprint density at radius 3 is 2.18 bits per heavy atom. The van der Waals surface area contributed by atoms with Gasteiger partial charge in [0.1, 0.15) is 17.7 Å². The highest BCUT2D eigenvalue weighted by Gasteiger charge is 2.44. The van der Waals surface area contributed by atoms with E-state index < -0.39 is 59.3 Å². The maximum atomic E-state index is 14.0. The second-order valence-electron chi connectivity index (χ2n) is 17.7. The van der Waals surface area contributed by atoms with Gasteiger partial charge in [-0.05, 0) is 88.0 Å². The molecule has 1 aromatic heterocycles. The summed E-state index contributed by atoms with van der Waals surface area (Å²) in [5.74, 6) is -1.46. The van der Waals surface area contributed by atoms with Gasteiger partial charge in [0.2, 0.25) is 23.6 Å². The number of ether oxygens (including phenoxy) is 2. The number of aryl methyl sites for hydroxylation is 2. The number of hydrogen-bond acceptors (Lipinski definition) is 10. The molecule has 0 radical (unpaired) electrons. The fourth-order valence-electron chi connectivity index (χ4n) is 6.96. The van der Waals surface area contributed by atoms with Crippen molar-refractivity contribution < 1.29 is 38.6 Å². The molecule has 1 aliphatic rings. The van der Waals surface area contributed by atoms with Crippen molar-refractivity contribution in [3.05, 3.63) is 76.4 Å². The van der Waals surface area contributed by atoms with E-state index in [1.807, 2.05) is 88.7 Å². The minimum atomic E-state index is -0.891. The summed E-state index contributed by atoms with van der Waals surface area (Å²) in [6, 6.07) is 13.6. The lowest BCUT2D eigenvalue weighted by Crippen LogP contribution is -2.57. The number of rotatable bonds is 19. The summed E-state index contributed by atoms with van der Waals surface area (Å²) in [5, 5.41) is 19.3. The summed E-state index contributed by atoms with van der Waals surface area (Å²) in [7, 11) is 0. The van der Waals surface area contributed by atoms with Gasteiger partial charge in [-0.15, -0.1) is 11.3 Å². The molecule has 60 heavy (non-hydrogen) atoms. The number of benzene rings is 2. The fourth-order valence-corrected chi connectivity index (χ4v) is 7.77. The molecular weight excluding hydrogens is 785 g/mol. The molecule has 2 heterocycles. The van der Waals surface area contributed by atoms with Gasteiger partial charge < -0.3 is 41.2 Å². The third kappa shape index (κ3) is 15.0. The first-order valence-electron chi connectivity index (χ1n) is 20.7. The summed E-state index contributed by atoms with van der Waals surface area (Å²) in [5.41, 5.74) is 10.8. The molecule has 3 aromatic rings. The van der Waals surface area contributed by atoms with Crippen molar-refractivity contribution in [2.75, 3.05) is 6.54 Å². The molecule has 4 rings (SSSR count). The Hall–Kier alpha value is -4.86. The normalized spacial score (nSPS) is 17.1. The zero-order valence-electron chi connectivity index (χ0n) is 36.3. The van der Waals surface area contributed by atoms with Crippen molar-refractivity contribution in [3.63, 3.8) is 0 Å². The predicted octanol–water partition coefficient (Wildman–Crippen LogP) is 5.70. The molecule has 5 atom stereocenters. The fraction of sp³-hybridized carbons (Fsp3) is 0.556. The standard InChI is InChI=1S/C45H64N6O8S/c1-28-39(60-27-48-28)33-19-17-31(18-20-33)24-47-41(55)36-23-34(52)25-51(36)42(56)40(44(3,4)5)50-38(54)12-10-9-11-30-13-15-32(16-14-30)26-58-29(2)35(21-22-37(46)53)49-43(57)59-45(6,7)8/h13-20,27,29,34-36,40,52H,9-12,21-26H2,1-8H3,(H2,46,53)(H,47,55)(H,49,57)(H,50,54)/t29-,34-,35+,36+,40-/m1/s1. The number of amides is 5. The number of nitrogens with zero attached hydrogens (tertiary/aromatic N) is 2. The van der Waals surface area contributed by atoms with E-state index in [0.29, 0.717) is 19.4 Å². The summed E-state index contributed by atoms with van der Waals surface area (Å²) < 4.78 is 11.4. The van der Waals surface area contributed by atoms with Crippen LogP contribution < -0.4 is 21.7 Å². The number of thiazole rings is 1. The van der Waals surface area contributed by atoms with Gasteiger partial charge in [0.15, 0.2) is 0 Å². The van der Waals surface area contributed by atoms with Gasteiger partial charge in [0.05, 0.1) is 40.9 Å². The highest BCUT2D eigenvalue weighted by atomic mass is 32.1. The zero-order chi connectivity index (χ0) is 44.2. The van der Waals surface area contributed by atoms with Crippen LogP contribution >= 0.6 is 11.3 Å². The quantitative estimate of drug-likeness (QED) is 0.0938. The Morgan fingerprint density at radius 1 is 0.933 bits per heavy atom. The molecular formula is C45H64N6O8S. The molecule has 328 valence electrons. The number of nitrogens with two attached hydrogens (primary N) is 1. The van der Waals surface area contributed by atoms with Crippen LogP contribution in [-0.2, 0) is 48.2 Å². The highest BCUT2D eigenvalue weighted by Crippen LogP contribution is 2.28. The lowest BCUT2D eigenvalue weighted by molar-refractivity contribution is -0.144. The van der Waals surface area contributed by atoms with Crippen LogP contribution in [0.3, 0.4) is 0 Å². The van der Waals surface area contributed by atoms with E-state index >= 15 is 0 Å². The Kier molecular flexibility index (Phi) is 17.2. The van der Waals surface area contributed by atoms with Crippen LogP contribution in [0.4, 0.5) is 4.79 Å². The first kappa shape index (κ1) is 47.8. The van der Waals surface area contributed by atoms with Gasteiger partial charge in [0.25, 0.3) is 0 Å². The number of unbranched alkanes of at least 4 members (excludes halogenated alkanes) is 1. The van der Waals surface area contributed by atoms with E-state index in [0.717, 1.165) is 45.7 Å². The summed E-state index contributed by atoms with van der Waals surface area (Å²) in [6.07, 6.45) is 0.995. The van der Waals surface area contributed by atoms with E-state index in [1.54, 1.807) is 32.1 Å². The molecule has 6 N–H and O–H groups in total. The Morgan fingerprint density at radius 2 is 1.58 bits per heavy atom. The van der Waals surface area contributed by atoms with Crippen molar-refractivity contribution in [2.45, 2.75) is 149 Å². The van der Waals surface area contributed by atoms with Crippen molar-refractivity contribution >= 4 is 41.1 Å². The van der Waals surface area contributed by atoms with E-state index in [-0.39, 0.29) is 44.2 Å². The highest BCUT2D eigenvalue weighted by molar-refractivity contribution is 7.13. The Labute approximate surface area is 358 Å². The number of carbonyl (C=O) groups is 5. The molecule has 1 aliphatic heterocycles. The molecule has 0 bridgehead atoms. The number of aliphatic hydroxyl groups excluding tert-OH is 1. The van der Waals surface area contributed by atoms with Crippen LogP contribution in [-0.4, -0.2) is 87.2 Å². The minimum Gasteiger partial charge on any atom is -0.444 e. The average Bonchev–Trinajstić information content (AvgIpc) is 3.79. The summed E-state index contributed by atoms with van der Waals surface area (Å²) in [4.78, 5) is 71.3. The lowest BCUT2D eigenvalue weighted by Gasteiger charge is -2.35. The lowest BCUT2D eigenvalue weighted by atomic mass is 9.85. The monoisotopic (exact) mass is 848 g/mol. The van der Waals surface area contributed by atoms with Gasteiger partial charge in [0, 0.05) is 32.4 Å². The van der Waals surface area contributed by atoms with E-state index in [9.17, 15) is 29.1 Å². The van der Waals surface area contributed by atoms with Crippen LogP contribution in [0.1, 0.15) is 109 Å². The van der Waals surface area contributed by atoms with E-state index in [4.69, 9.17) is 15.2 Å². The number of likely N-dealkylation sites (tertiary alicyclic amines) is 1. The molecule has 1 fully saturated rings. The van der Waals surface area contributed by atoms with Crippen molar-refractivity contribution in [2.24, 2.45) is 11.1 Å². The Bertz CT molecular complexity index is 1900. The molecule has 5 amide bonds. The van der Waals surface area contributed by atoms with Gasteiger partial charge >= 0.3 is 6.09 Å². The number of primary amides is 1. The molecule has 2 aromatic carbocycles. The first-order chi connectivity index (χ1) is 28.2. The number of nitrogens with one attached hydrogen (secondary N) is 3. The minimum absolute atomic E-state index is 0.00892. The number of hydrogen-bond donors (Lipinski definition) is 5. The third-order valence-electron chi connectivity index (χ3n) is 10.3. The molecule has 0 aliphatic carbocycles. The van der Waals surface area contributed by atoms with Crippen LogP contribution in [0.25, 0.3) is 10.4 Å². The second-order valence-corrected chi connectivity index (χ2v) is 18.6. The van der Waals surface area contributed by atoms with E-state index in [2.05, 4.69) is 20.9 Å². The SMILES string of the molecule is Cc1ncsc1-c1ccc(CNC(=O)[C@@H]2C[C@@H](O)CN2C(=O)[C@@H](NC(=O)CCCCc2ccc(CO[C@H](C)[C@H](CCC(N)=O)NC(=O)OC(C)(C)C)cc2)C(C)(C)C)cc1. The maximum Gasteiger partial charge on any atom is 0.407 e. The van der Waals surface area contributed by atoms with Gasteiger partial charge in [-0.2, -0.15) is 0 Å². The molecule has 0 saturated carbocycles. The zero-order valence-corrected chi connectivity index (χ0v) is 37.2. The number of alkyl carbamates (subject to hydrolysis) is 1. The smallest absolute Gasteiger partial charge is 0.407 e. The van der Waals surface area contributed by atoms with Gasteiger partial charge in [-0.1, -0.05) is 69.3 Å². The topological polar surface area (TPSA) is 202 Å². The molecule has 1 saturated heterocycles.